The second-order valence-electron chi connectivity index (χ2n) is 10.1. The van der Waals surface area contributed by atoms with Gasteiger partial charge in [-0.05, 0) is 60.0 Å². The van der Waals surface area contributed by atoms with Crippen molar-refractivity contribution >= 4 is 22.3 Å². The SMILES string of the molecule is COc1ncc(-c2ccc3[nH]c(=O)n(-c4cccc(N5CCOCC5)c4)c(=O)c3c2)cc1NCCc1ccc(F)cc1F. The topological polar surface area (TPSA) is 101 Å². The lowest BCUT2D eigenvalue weighted by Gasteiger charge is -2.29. The van der Waals surface area contributed by atoms with E-state index < -0.39 is 22.9 Å². The molecule has 0 amide bonds. The van der Waals surface area contributed by atoms with E-state index in [1.54, 1.807) is 30.5 Å². The van der Waals surface area contributed by atoms with Gasteiger partial charge in [0.15, 0.2) is 0 Å². The summed E-state index contributed by atoms with van der Waals surface area (Å²) in [7, 11) is 1.50. The van der Waals surface area contributed by atoms with Crippen LogP contribution >= 0.6 is 0 Å². The average molecular weight is 586 g/mol. The van der Waals surface area contributed by atoms with Gasteiger partial charge in [-0.1, -0.05) is 18.2 Å². The number of halogens is 2. The number of aromatic amines is 1. The number of hydrogen-bond donors (Lipinski definition) is 2. The number of H-pyrrole nitrogens is 1. The van der Waals surface area contributed by atoms with Crippen molar-refractivity contribution in [2.75, 3.05) is 50.2 Å². The van der Waals surface area contributed by atoms with Gasteiger partial charge in [0.1, 0.15) is 11.6 Å². The van der Waals surface area contributed by atoms with E-state index in [0.717, 1.165) is 29.4 Å². The predicted octanol–water partition coefficient (Wildman–Crippen LogP) is 4.52. The molecule has 1 aliphatic heterocycles. The number of nitrogens with zero attached hydrogens (tertiary/aromatic N) is 3. The van der Waals surface area contributed by atoms with Gasteiger partial charge >= 0.3 is 5.69 Å². The first-order valence-corrected chi connectivity index (χ1v) is 13.9. The molecule has 2 N–H and O–H groups in total. The zero-order chi connectivity index (χ0) is 29.9. The van der Waals surface area contributed by atoms with Crippen LogP contribution in [0, 0.1) is 11.6 Å². The molecule has 0 spiro atoms. The van der Waals surface area contributed by atoms with Crippen LogP contribution < -0.4 is 26.2 Å². The first kappa shape index (κ1) is 28.1. The lowest BCUT2D eigenvalue weighted by Crippen LogP contribution is -2.37. The molecule has 1 fully saturated rings. The second kappa shape index (κ2) is 12.1. The maximum atomic E-state index is 14.1. The summed E-state index contributed by atoms with van der Waals surface area (Å²) >= 11 is 0. The number of aromatic nitrogens is 3. The van der Waals surface area contributed by atoms with Gasteiger partial charge < -0.3 is 24.7 Å². The van der Waals surface area contributed by atoms with Crippen molar-refractivity contribution in [3.8, 4) is 22.7 Å². The first-order chi connectivity index (χ1) is 20.9. The Morgan fingerprint density at radius 1 is 0.977 bits per heavy atom. The zero-order valence-corrected chi connectivity index (χ0v) is 23.4. The van der Waals surface area contributed by atoms with Crippen molar-refractivity contribution in [1.82, 2.24) is 14.5 Å². The molecule has 5 aromatic rings. The molecule has 0 bridgehead atoms. The summed E-state index contributed by atoms with van der Waals surface area (Å²) < 4.78 is 39.3. The van der Waals surface area contributed by atoms with E-state index in [1.165, 1.54) is 19.2 Å². The summed E-state index contributed by atoms with van der Waals surface area (Å²) in [6.07, 6.45) is 1.94. The Morgan fingerprint density at radius 2 is 1.79 bits per heavy atom. The van der Waals surface area contributed by atoms with Gasteiger partial charge in [-0.15, -0.1) is 0 Å². The van der Waals surface area contributed by atoms with Crippen molar-refractivity contribution in [3.05, 3.63) is 111 Å². The lowest BCUT2D eigenvalue weighted by molar-refractivity contribution is 0.122. The van der Waals surface area contributed by atoms with Crippen LogP contribution in [0.25, 0.3) is 27.7 Å². The van der Waals surface area contributed by atoms with Crippen LogP contribution in [-0.2, 0) is 11.2 Å². The van der Waals surface area contributed by atoms with Gasteiger partial charge in [0.05, 0.1) is 42.6 Å². The summed E-state index contributed by atoms with van der Waals surface area (Å²) in [6.45, 7) is 3.04. The molecule has 11 heteroatoms. The quantitative estimate of drug-likeness (QED) is 0.276. The molecule has 43 heavy (non-hydrogen) atoms. The fraction of sp³-hybridized carbons (Fsp3) is 0.219. The smallest absolute Gasteiger partial charge is 0.333 e. The molecule has 0 atom stereocenters. The van der Waals surface area contributed by atoms with Crippen molar-refractivity contribution in [1.29, 1.82) is 0 Å². The maximum Gasteiger partial charge on any atom is 0.333 e. The average Bonchev–Trinajstić information content (AvgIpc) is 3.02. The van der Waals surface area contributed by atoms with E-state index >= 15 is 0 Å². The van der Waals surface area contributed by atoms with Crippen molar-refractivity contribution in [2.45, 2.75) is 6.42 Å². The lowest BCUT2D eigenvalue weighted by atomic mass is 10.0. The third-order valence-corrected chi connectivity index (χ3v) is 7.46. The van der Waals surface area contributed by atoms with E-state index in [9.17, 15) is 18.4 Å². The number of methoxy groups -OCH3 is 1. The van der Waals surface area contributed by atoms with Crippen molar-refractivity contribution < 1.29 is 18.3 Å². The number of rotatable bonds is 8. The number of hydrogen-bond acceptors (Lipinski definition) is 7. The molecule has 1 saturated heterocycles. The number of fused-ring (bicyclic) bond motifs is 1. The van der Waals surface area contributed by atoms with E-state index in [1.807, 2.05) is 24.3 Å². The largest absolute Gasteiger partial charge is 0.480 e. The summed E-state index contributed by atoms with van der Waals surface area (Å²) in [5.41, 5.74) is 3.18. The zero-order valence-electron chi connectivity index (χ0n) is 23.4. The highest BCUT2D eigenvalue weighted by molar-refractivity contribution is 5.84. The molecule has 0 saturated carbocycles. The molecule has 9 nitrogen and oxygen atoms in total. The van der Waals surface area contributed by atoms with Gasteiger partial charge in [0, 0.05) is 43.1 Å². The minimum atomic E-state index is -0.625. The normalized spacial score (nSPS) is 13.3. The van der Waals surface area contributed by atoms with E-state index in [0.29, 0.717) is 71.0 Å². The number of morpholine rings is 1. The van der Waals surface area contributed by atoms with Crippen LogP contribution in [-0.4, -0.2) is 54.5 Å². The standard InChI is InChI=1S/C32H29F2N5O4/c1-42-30-29(35-10-9-20-5-7-23(33)17-27(20)34)16-22(19-36-30)21-6-8-28-26(15-21)31(40)39(32(41)37-28)25-4-2-3-24(18-25)38-11-13-43-14-12-38/h2-8,15-19,35H,9-14H2,1H3,(H,37,41). The Bertz CT molecular complexity index is 1920. The maximum absolute atomic E-state index is 14.1. The van der Waals surface area contributed by atoms with Crippen LogP contribution in [0.1, 0.15) is 5.56 Å². The molecule has 2 aromatic heterocycles. The van der Waals surface area contributed by atoms with E-state index in [-0.39, 0.29) is 0 Å². The van der Waals surface area contributed by atoms with Crippen LogP contribution in [0.15, 0.2) is 82.5 Å². The summed E-state index contributed by atoms with van der Waals surface area (Å²) in [5, 5.41) is 3.55. The highest BCUT2D eigenvalue weighted by Gasteiger charge is 2.16. The van der Waals surface area contributed by atoms with Crippen LogP contribution in [0.2, 0.25) is 0 Å². The molecule has 3 heterocycles. The molecule has 1 aliphatic rings. The summed E-state index contributed by atoms with van der Waals surface area (Å²) in [4.78, 5) is 36.2. The Balaban J connectivity index is 1.31. The Labute approximate surface area is 245 Å². The number of benzene rings is 3. The minimum Gasteiger partial charge on any atom is -0.480 e. The van der Waals surface area contributed by atoms with Crippen LogP contribution in [0.5, 0.6) is 5.88 Å². The number of ether oxygens (including phenoxy) is 2. The Hall–Kier alpha value is -5.03. The highest BCUT2D eigenvalue weighted by Crippen LogP contribution is 2.29. The van der Waals surface area contributed by atoms with Crippen molar-refractivity contribution in [3.63, 3.8) is 0 Å². The van der Waals surface area contributed by atoms with Gasteiger partial charge in [-0.25, -0.2) is 23.1 Å². The monoisotopic (exact) mass is 585 g/mol. The third-order valence-electron chi connectivity index (χ3n) is 7.46. The van der Waals surface area contributed by atoms with Gasteiger partial charge in [-0.3, -0.25) is 4.79 Å². The summed E-state index contributed by atoms with van der Waals surface area (Å²) in [6, 6.07) is 17.9. The molecule has 0 aliphatic carbocycles. The molecular formula is C32H29F2N5O4. The number of nitrogens with one attached hydrogen (secondary N) is 2. The third kappa shape index (κ3) is 5.84. The highest BCUT2D eigenvalue weighted by atomic mass is 19.1. The minimum absolute atomic E-state index is 0.315. The fourth-order valence-corrected chi connectivity index (χ4v) is 5.23. The van der Waals surface area contributed by atoms with E-state index in [2.05, 4.69) is 20.2 Å². The van der Waals surface area contributed by atoms with Crippen LogP contribution in [0.3, 0.4) is 0 Å². The summed E-state index contributed by atoms with van der Waals surface area (Å²) in [5.74, 6) is -0.884. The van der Waals surface area contributed by atoms with Crippen molar-refractivity contribution in [2.24, 2.45) is 0 Å². The fourth-order valence-electron chi connectivity index (χ4n) is 5.23. The Kier molecular flexibility index (Phi) is 7.89. The van der Waals surface area contributed by atoms with Crippen LogP contribution in [0.4, 0.5) is 20.2 Å². The van der Waals surface area contributed by atoms with Gasteiger partial charge in [0.25, 0.3) is 5.56 Å². The molecule has 3 aromatic carbocycles. The number of pyridine rings is 1. The molecule has 0 radical (unpaired) electrons. The molecule has 220 valence electrons. The van der Waals surface area contributed by atoms with E-state index in [4.69, 9.17) is 9.47 Å². The van der Waals surface area contributed by atoms with Gasteiger partial charge in [0.2, 0.25) is 5.88 Å². The number of anilines is 2. The first-order valence-electron chi connectivity index (χ1n) is 13.9. The second-order valence-corrected chi connectivity index (χ2v) is 10.1. The molecular weight excluding hydrogens is 556 g/mol. The predicted molar refractivity (Wildman–Crippen MR) is 162 cm³/mol. The Morgan fingerprint density at radius 3 is 2.58 bits per heavy atom. The molecule has 6 rings (SSSR count). The molecule has 0 unspecified atom stereocenters. The van der Waals surface area contributed by atoms with Gasteiger partial charge in [-0.2, -0.15) is 0 Å².